The van der Waals surface area contributed by atoms with Crippen molar-refractivity contribution in [2.75, 3.05) is 18.5 Å². The molecule has 7 nitrogen and oxygen atoms in total. The molecule has 192 valence electrons. The van der Waals surface area contributed by atoms with Gasteiger partial charge >= 0.3 is 6.18 Å². The number of fused-ring (bicyclic) bond motifs is 1. The first kappa shape index (κ1) is 24.9. The van der Waals surface area contributed by atoms with Gasteiger partial charge in [-0.25, -0.2) is 9.97 Å². The van der Waals surface area contributed by atoms with Gasteiger partial charge in [-0.1, -0.05) is 12.1 Å². The molecule has 2 aliphatic rings. The van der Waals surface area contributed by atoms with Crippen LogP contribution in [-0.4, -0.2) is 53.4 Å². The minimum atomic E-state index is -4.25. The lowest BCUT2D eigenvalue weighted by molar-refractivity contribution is -0.126. The number of hydrogen-bond donors (Lipinski definition) is 3. The highest BCUT2D eigenvalue weighted by molar-refractivity contribution is 7.18. The average Bonchev–Trinajstić information content (AvgIpc) is 3.22. The second-order valence-corrected chi connectivity index (χ2v) is 10.6. The molecule has 2 fully saturated rings. The molecule has 2 atom stereocenters. The van der Waals surface area contributed by atoms with Crippen LogP contribution in [0, 0.1) is 0 Å². The highest BCUT2D eigenvalue weighted by Gasteiger charge is 2.29. The van der Waals surface area contributed by atoms with Crippen LogP contribution in [0.2, 0.25) is 0 Å². The molecular formula is C25H28F3N5O2S. The lowest BCUT2D eigenvalue weighted by atomic mass is 9.90. The number of thiophene rings is 1. The quantitative estimate of drug-likeness (QED) is 0.408. The van der Waals surface area contributed by atoms with E-state index in [1.807, 2.05) is 24.3 Å². The summed E-state index contributed by atoms with van der Waals surface area (Å²) in [4.78, 5) is 21.5. The number of nitrogens with one attached hydrogen (secondary N) is 3. The minimum absolute atomic E-state index is 0.0843. The zero-order valence-corrected chi connectivity index (χ0v) is 20.4. The number of hydrogen-bond acceptors (Lipinski definition) is 7. The summed E-state index contributed by atoms with van der Waals surface area (Å²) in [5, 5.41) is 10.6. The van der Waals surface area contributed by atoms with Crippen molar-refractivity contribution >= 4 is 33.3 Å². The number of aromatic nitrogens is 2. The van der Waals surface area contributed by atoms with Crippen molar-refractivity contribution in [3.05, 3.63) is 52.7 Å². The van der Waals surface area contributed by atoms with E-state index in [0.717, 1.165) is 42.6 Å². The van der Waals surface area contributed by atoms with Crippen molar-refractivity contribution in [2.45, 2.75) is 63.0 Å². The van der Waals surface area contributed by atoms with Gasteiger partial charge in [-0.2, -0.15) is 13.2 Å². The standard InChI is InChI=1S/C25H28F3N5O2S/c26-25(27,28)10-20-9-21-22(30-14-31-24(21)36-20)32-18-3-1-2-17(8-18)29-11-15-4-6-16(7-5-15)23(34)33-19-12-35-13-19/h4-7,9,14,17-19,29H,1-3,8,10-13H2,(H,33,34)(H,30,31,32)/t17-,18+/m0/s1. The van der Waals surface area contributed by atoms with Gasteiger partial charge in [-0.15, -0.1) is 11.3 Å². The van der Waals surface area contributed by atoms with E-state index >= 15 is 0 Å². The van der Waals surface area contributed by atoms with Gasteiger partial charge in [0.05, 0.1) is 31.1 Å². The van der Waals surface area contributed by atoms with Gasteiger partial charge in [0, 0.05) is 29.1 Å². The molecule has 1 aromatic carbocycles. The van der Waals surface area contributed by atoms with Gasteiger partial charge in [0.15, 0.2) is 0 Å². The molecule has 0 unspecified atom stereocenters. The number of halogens is 3. The van der Waals surface area contributed by atoms with Crippen molar-refractivity contribution < 1.29 is 22.7 Å². The smallest absolute Gasteiger partial charge is 0.377 e. The number of carbonyl (C=O) groups excluding carboxylic acids is 1. The molecule has 1 aliphatic heterocycles. The zero-order chi connectivity index (χ0) is 25.1. The third-order valence-electron chi connectivity index (χ3n) is 6.55. The summed E-state index contributed by atoms with van der Waals surface area (Å²) in [6, 6.07) is 9.73. The Balaban J connectivity index is 1.15. The fraction of sp³-hybridized carbons (Fsp3) is 0.480. The summed E-state index contributed by atoms with van der Waals surface area (Å²) in [5.74, 6) is 0.511. The highest BCUT2D eigenvalue weighted by Crippen LogP contribution is 2.33. The molecule has 1 saturated carbocycles. The van der Waals surface area contributed by atoms with Crippen molar-refractivity contribution in [1.82, 2.24) is 20.6 Å². The predicted octanol–water partition coefficient (Wildman–Crippen LogP) is 4.44. The van der Waals surface area contributed by atoms with E-state index < -0.39 is 12.6 Å². The molecule has 11 heteroatoms. The Morgan fingerprint density at radius 2 is 1.86 bits per heavy atom. The number of ether oxygens (including phenoxy) is 1. The van der Waals surface area contributed by atoms with E-state index in [-0.39, 0.29) is 22.9 Å². The Labute approximate surface area is 210 Å². The molecule has 1 aliphatic carbocycles. The van der Waals surface area contributed by atoms with Crippen LogP contribution in [0.5, 0.6) is 0 Å². The Morgan fingerprint density at radius 1 is 1.08 bits per heavy atom. The summed E-state index contributed by atoms with van der Waals surface area (Å²) in [7, 11) is 0. The van der Waals surface area contributed by atoms with Crippen LogP contribution < -0.4 is 16.0 Å². The number of amides is 1. The fourth-order valence-electron chi connectivity index (χ4n) is 4.63. The number of nitrogens with zero attached hydrogens (tertiary/aromatic N) is 2. The topological polar surface area (TPSA) is 88.2 Å². The molecule has 3 N–H and O–H groups in total. The number of benzene rings is 1. The van der Waals surface area contributed by atoms with E-state index in [2.05, 4.69) is 25.9 Å². The Hall–Kier alpha value is -2.76. The van der Waals surface area contributed by atoms with Crippen LogP contribution in [0.1, 0.15) is 46.5 Å². The van der Waals surface area contributed by atoms with Gasteiger partial charge in [-0.3, -0.25) is 4.79 Å². The zero-order valence-electron chi connectivity index (χ0n) is 19.6. The predicted molar refractivity (Wildman–Crippen MR) is 132 cm³/mol. The maximum absolute atomic E-state index is 12.8. The minimum Gasteiger partial charge on any atom is -0.377 e. The van der Waals surface area contributed by atoms with Gasteiger partial charge in [0.2, 0.25) is 0 Å². The maximum Gasteiger partial charge on any atom is 0.393 e. The van der Waals surface area contributed by atoms with Gasteiger partial charge in [0.1, 0.15) is 17.0 Å². The van der Waals surface area contributed by atoms with Crippen molar-refractivity contribution in [3.63, 3.8) is 0 Å². The molecule has 2 aromatic heterocycles. The van der Waals surface area contributed by atoms with Crippen LogP contribution in [-0.2, 0) is 17.7 Å². The molecule has 0 spiro atoms. The Bertz CT molecular complexity index is 1200. The average molecular weight is 520 g/mol. The summed E-state index contributed by atoms with van der Waals surface area (Å²) in [5.41, 5.74) is 1.73. The van der Waals surface area contributed by atoms with Crippen molar-refractivity contribution in [2.24, 2.45) is 0 Å². The molecule has 36 heavy (non-hydrogen) atoms. The largest absolute Gasteiger partial charge is 0.393 e. The van der Waals surface area contributed by atoms with E-state index in [4.69, 9.17) is 4.74 Å². The van der Waals surface area contributed by atoms with E-state index in [1.54, 1.807) is 6.07 Å². The second kappa shape index (κ2) is 10.7. The maximum atomic E-state index is 12.8. The summed E-state index contributed by atoms with van der Waals surface area (Å²) >= 11 is 1.06. The summed E-state index contributed by atoms with van der Waals surface area (Å²) in [6.45, 7) is 1.83. The van der Waals surface area contributed by atoms with Crippen LogP contribution in [0.15, 0.2) is 36.7 Å². The molecule has 3 aromatic rings. The first-order chi connectivity index (χ1) is 17.3. The lowest BCUT2D eigenvalue weighted by Crippen LogP contribution is -2.48. The Kier molecular flexibility index (Phi) is 7.40. The third-order valence-corrected chi connectivity index (χ3v) is 7.60. The van der Waals surface area contributed by atoms with Gasteiger partial charge < -0.3 is 20.7 Å². The highest BCUT2D eigenvalue weighted by atomic mass is 32.1. The lowest BCUT2D eigenvalue weighted by Gasteiger charge is -2.31. The summed E-state index contributed by atoms with van der Waals surface area (Å²) < 4.78 is 43.6. The number of carbonyl (C=O) groups is 1. The number of alkyl halides is 3. The molecule has 1 amide bonds. The molecule has 3 heterocycles. The van der Waals surface area contributed by atoms with Gasteiger partial charge in [-0.05, 0) is 49.4 Å². The molecule has 5 rings (SSSR count). The third kappa shape index (κ3) is 6.32. The molecule has 0 bridgehead atoms. The Morgan fingerprint density at radius 3 is 2.58 bits per heavy atom. The van der Waals surface area contributed by atoms with Crippen LogP contribution >= 0.6 is 11.3 Å². The van der Waals surface area contributed by atoms with Crippen molar-refractivity contribution in [3.8, 4) is 0 Å². The first-order valence-electron chi connectivity index (χ1n) is 12.1. The van der Waals surface area contributed by atoms with Crippen LogP contribution in [0.25, 0.3) is 10.2 Å². The summed E-state index contributed by atoms with van der Waals surface area (Å²) in [6.07, 6.45) is 0.146. The normalized spacial score (nSPS) is 20.8. The number of rotatable bonds is 8. The monoisotopic (exact) mass is 519 g/mol. The fourth-order valence-corrected chi connectivity index (χ4v) is 5.66. The van der Waals surface area contributed by atoms with E-state index in [1.165, 1.54) is 6.33 Å². The number of anilines is 1. The molecule has 0 radical (unpaired) electrons. The molecular weight excluding hydrogens is 491 g/mol. The SMILES string of the molecule is O=C(NC1COC1)c1ccc(CN[C@H]2CCC[C@@H](Nc3ncnc4sc(CC(F)(F)F)cc34)C2)cc1. The van der Waals surface area contributed by atoms with E-state index in [9.17, 15) is 18.0 Å². The van der Waals surface area contributed by atoms with Crippen LogP contribution in [0.4, 0.5) is 19.0 Å². The van der Waals surface area contributed by atoms with Crippen LogP contribution in [0.3, 0.4) is 0 Å². The first-order valence-corrected chi connectivity index (χ1v) is 12.9. The second-order valence-electron chi connectivity index (χ2n) is 9.44. The van der Waals surface area contributed by atoms with E-state index in [0.29, 0.717) is 47.4 Å². The molecule has 1 saturated heterocycles. The van der Waals surface area contributed by atoms with Crippen molar-refractivity contribution in [1.29, 1.82) is 0 Å². The van der Waals surface area contributed by atoms with Gasteiger partial charge in [0.25, 0.3) is 5.91 Å².